The standard InChI is InChI=1S/C13H21N3/c1-2-10-6-3-4-8-12(10)16-13-11(14)7-5-9-15-13/h5,7,9-10,12H,2-4,6,8,14H2,1H3,(H,15,16). The van der Waals surface area contributed by atoms with Crippen LogP contribution < -0.4 is 11.1 Å². The van der Waals surface area contributed by atoms with Crippen LogP contribution in [0.2, 0.25) is 0 Å². The molecule has 1 saturated carbocycles. The molecule has 2 atom stereocenters. The SMILES string of the molecule is CCC1CCCCC1Nc1ncccc1N. The molecule has 0 bridgehead atoms. The van der Waals surface area contributed by atoms with Crippen molar-refractivity contribution in [3.05, 3.63) is 18.3 Å². The first-order chi connectivity index (χ1) is 7.81. The maximum atomic E-state index is 5.90. The lowest BCUT2D eigenvalue weighted by Gasteiger charge is -2.32. The maximum absolute atomic E-state index is 5.90. The van der Waals surface area contributed by atoms with E-state index in [1.807, 2.05) is 12.1 Å². The molecule has 16 heavy (non-hydrogen) atoms. The molecule has 1 heterocycles. The molecular weight excluding hydrogens is 198 g/mol. The lowest BCUT2D eigenvalue weighted by molar-refractivity contribution is 0.317. The van der Waals surface area contributed by atoms with Crippen LogP contribution in [0, 0.1) is 5.92 Å². The van der Waals surface area contributed by atoms with Crippen LogP contribution in [0.5, 0.6) is 0 Å². The van der Waals surface area contributed by atoms with Crippen molar-refractivity contribution in [1.29, 1.82) is 0 Å². The maximum Gasteiger partial charge on any atom is 0.149 e. The van der Waals surface area contributed by atoms with Crippen molar-refractivity contribution >= 4 is 11.5 Å². The summed E-state index contributed by atoms with van der Waals surface area (Å²) >= 11 is 0. The Kier molecular flexibility index (Phi) is 3.65. The largest absolute Gasteiger partial charge is 0.396 e. The summed E-state index contributed by atoms with van der Waals surface area (Å²) in [6.07, 6.45) is 8.30. The fourth-order valence-corrected chi connectivity index (χ4v) is 2.60. The molecular formula is C13H21N3. The summed E-state index contributed by atoms with van der Waals surface area (Å²) in [5.74, 6) is 1.63. The minimum atomic E-state index is 0.552. The Balaban J connectivity index is 2.05. The van der Waals surface area contributed by atoms with Crippen molar-refractivity contribution in [2.24, 2.45) is 5.92 Å². The van der Waals surface area contributed by atoms with Gasteiger partial charge in [-0.25, -0.2) is 4.98 Å². The number of anilines is 2. The highest BCUT2D eigenvalue weighted by molar-refractivity contribution is 5.60. The van der Waals surface area contributed by atoms with E-state index in [1.165, 1.54) is 32.1 Å². The third kappa shape index (κ3) is 2.46. The zero-order valence-electron chi connectivity index (χ0n) is 9.95. The van der Waals surface area contributed by atoms with Gasteiger partial charge in [0.15, 0.2) is 0 Å². The third-order valence-corrected chi connectivity index (χ3v) is 3.59. The van der Waals surface area contributed by atoms with Gasteiger partial charge in [0.25, 0.3) is 0 Å². The summed E-state index contributed by atoms with van der Waals surface area (Å²) < 4.78 is 0. The molecule has 1 aliphatic carbocycles. The molecule has 2 rings (SSSR count). The average molecular weight is 219 g/mol. The first-order valence-electron chi connectivity index (χ1n) is 6.28. The Morgan fingerprint density at radius 3 is 3.00 bits per heavy atom. The summed E-state index contributed by atoms with van der Waals surface area (Å²) in [5, 5.41) is 3.51. The molecule has 0 radical (unpaired) electrons. The van der Waals surface area contributed by atoms with E-state index in [4.69, 9.17) is 5.73 Å². The fraction of sp³-hybridized carbons (Fsp3) is 0.615. The van der Waals surface area contributed by atoms with Crippen molar-refractivity contribution in [3.8, 4) is 0 Å². The van der Waals surface area contributed by atoms with E-state index in [0.29, 0.717) is 6.04 Å². The molecule has 0 spiro atoms. The van der Waals surface area contributed by atoms with Crippen LogP contribution in [0.3, 0.4) is 0 Å². The van der Waals surface area contributed by atoms with Gasteiger partial charge in [-0.2, -0.15) is 0 Å². The number of nitrogens with zero attached hydrogens (tertiary/aromatic N) is 1. The fourth-order valence-electron chi connectivity index (χ4n) is 2.60. The van der Waals surface area contributed by atoms with Crippen LogP contribution in [0.1, 0.15) is 39.0 Å². The first kappa shape index (κ1) is 11.2. The van der Waals surface area contributed by atoms with Gasteiger partial charge in [-0.05, 0) is 30.9 Å². The zero-order chi connectivity index (χ0) is 11.4. The van der Waals surface area contributed by atoms with Crippen LogP contribution >= 0.6 is 0 Å². The van der Waals surface area contributed by atoms with E-state index in [9.17, 15) is 0 Å². The minimum Gasteiger partial charge on any atom is -0.396 e. The summed E-state index contributed by atoms with van der Waals surface area (Å²) in [5.41, 5.74) is 6.65. The van der Waals surface area contributed by atoms with Crippen LogP contribution in [-0.2, 0) is 0 Å². The number of rotatable bonds is 3. The molecule has 1 aromatic rings. The monoisotopic (exact) mass is 219 g/mol. The predicted octanol–water partition coefficient (Wildman–Crippen LogP) is 3.04. The topological polar surface area (TPSA) is 50.9 Å². The Morgan fingerprint density at radius 1 is 1.44 bits per heavy atom. The molecule has 1 fully saturated rings. The van der Waals surface area contributed by atoms with Gasteiger partial charge in [0.2, 0.25) is 0 Å². The number of aromatic nitrogens is 1. The van der Waals surface area contributed by atoms with Crippen LogP contribution in [0.4, 0.5) is 11.5 Å². The number of hydrogen-bond donors (Lipinski definition) is 2. The Hall–Kier alpha value is -1.25. The second-order valence-corrected chi connectivity index (χ2v) is 4.64. The van der Waals surface area contributed by atoms with Gasteiger partial charge in [0.1, 0.15) is 5.82 Å². The molecule has 3 heteroatoms. The number of nitrogens with two attached hydrogens (primary N) is 1. The van der Waals surface area contributed by atoms with Gasteiger partial charge in [-0.1, -0.05) is 26.2 Å². The van der Waals surface area contributed by atoms with Gasteiger partial charge in [-0.3, -0.25) is 0 Å². The summed E-state index contributed by atoms with van der Waals surface area (Å²) in [6.45, 7) is 2.27. The van der Waals surface area contributed by atoms with E-state index in [2.05, 4.69) is 17.2 Å². The molecule has 3 N–H and O–H groups in total. The van der Waals surface area contributed by atoms with Crippen molar-refractivity contribution < 1.29 is 0 Å². The summed E-state index contributed by atoms with van der Waals surface area (Å²) in [7, 11) is 0. The van der Waals surface area contributed by atoms with Crippen molar-refractivity contribution in [2.75, 3.05) is 11.1 Å². The van der Waals surface area contributed by atoms with Crippen molar-refractivity contribution in [2.45, 2.75) is 45.1 Å². The van der Waals surface area contributed by atoms with E-state index in [1.54, 1.807) is 6.20 Å². The van der Waals surface area contributed by atoms with Crippen LogP contribution in [-0.4, -0.2) is 11.0 Å². The molecule has 3 nitrogen and oxygen atoms in total. The number of hydrogen-bond acceptors (Lipinski definition) is 3. The zero-order valence-corrected chi connectivity index (χ0v) is 9.95. The molecule has 0 aliphatic heterocycles. The van der Waals surface area contributed by atoms with E-state index in [0.717, 1.165) is 17.4 Å². The number of nitrogen functional groups attached to an aromatic ring is 1. The van der Waals surface area contributed by atoms with Crippen molar-refractivity contribution in [3.63, 3.8) is 0 Å². The minimum absolute atomic E-state index is 0.552. The highest BCUT2D eigenvalue weighted by Gasteiger charge is 2.23. The van der Waals surface area contributed by atoms with Gasteiger partial charge in [-0.15, -0.1) is 0 Å². The van der Waals surface area contributed by atoms with Gasteiger partial charge in [0.05, 0.1) is 5.69 Å². The lowest BCUT2D eigenvalue weighted by Crippen LogP contribution is -2.32. The van der Waals surface area contributed by atoms with Crippen molar-refractivity contribution in [1.82, 2.24) is 4.98 Å². The predicted molar refractivity (Wildman–Crippen MR) is 68.3 cm³/mol. The van der Waals surface area contributed by atoms with Crippen LogP contribution in [0.25, 0.3) is 0 Å². The van der Waals surface area contributed by atoms with E-state index in [-0.39, 0.29) is 0 Å². The molecule has 0 amide bonds. The molecule has 0 aromatic carbocycles. The second-order valence-electron chi connectivity index (χ2n) is 4.64. The Labute approximate surface area is 97.5 Å². The number of pyridine rings is 1. The second kappa shape index (κ2) is 5.19. The summed E-state index contributed by atoms with van der Waals surface area (Å²) in [4.78, 5) is 4.31. The first-order valence-corrected chi connectivity index (χ1v) is 6.28. The van der Waals surface area contributed by atoms with E-state index < -0.39 is 0 Å². The van der Waals surface area contributed by atoms with Gasteiger partial charge >= 0.3 is 0 Å². The lowest BCUT2D eigenvalue weighted by atomic mass is 9.83. The van der Waals surface area contributed by atoms with Crippen LogP contribution in [0.15, 0.2) is 18.3 Å². The van der Waals surface area contributed by atoms with Gasteiger partial charge < -0.3 is 11.1 Å². The third-order valence-electron chi connectivity index (χ3n) is 3.59. The van der Waals surface area contributed by atoms with E-state index >= 15 is 0 Å². The molecule has 1 aromatic heterocycles. The number of nitrogens with one attached hydrogen (secondary N) is 1. The Bertz CT molecular complexity index is 338. The normalized spacial score (nSPS) is 25.3. The highest BCUT2D eigenvalue weighted by Crippen LogP contribution is 2.29. The molecule has 88 valence electrons. The molecule has 2 unspecified atom stereocenters. The average Bonchev–Trinajstić information content (AvgIpc) is 2.33. The highest BCUT2D eigenvalue weighted by atomic mass is 15.0. The summed E-state index contributed by atoms with van der Waals surface area (Å²) in [6, 6.07) is 4.33. The smallest absolute Gasteiger partial charge is 0.149 e. The molecule has 0 saturated heterocycles. The van der Waals surface area contributed by atoms with Gasteiger partial charge in [0, 0.05) is 12.2 Å². The quantitative estimate of drug-likeness (QED) is 0.821. The molecule has 1 aliphatic rings. The Morgan fingerprint density at radius 2 is 2.25 bits per heavy atom.